The molecule has 1 N–H and O–H groups in total. The van der Waals surface area contributed by atoms with Gasteiger partial charge in [0.1, 0.15) is 6.61 Å². The topological polar surface area (TPSA) is 50.8 Å². The lowest BCUT2D eigenvalue weighted by Gasteiger charge is -2.41. The minimum absolute atomic E-state index is 0.0144. The van der Waals surface area contributed by atoms with Crippen molar-refractivity contribution >= 4 is 11.6 Å². The molecule has 5 heteroatoms. The Kier molecular flexibility index (Phi) is 7.18. The molecular formula is C28H32N2O3. The summed E-state index contributed by atoms with van der Waals surface area (Å²) in [7, 11) is 1.63. The molecule has 0 aliphatic carbocycles. The normalized spacial score (nSPS) is 13.5. The Balaban J connectivity index is 1.29. The summed E-state index contributed by atoms with van der Waals surface area (Å²) in [4.78, 5) is 15.0. The zero-order valence-corrected chi connectivity index (χ0v) is 19.6. The average molecular weight is 445 g/mol. The van der Waals surface area contributed by atoms with Gasteiger partial charge in [-0.1, -0.05) is 68.4 Å². The highest BCUT2D eigenvalue weighted by atomic mass is 16.5. The Morgan fingerprint density at radius 3 is 2.42 bits per heavy atom. The number of nitrogens with zero attached hydrogens (tertiary/aromatic N) is 1. The lowest BCUT2D eigenvalue weighted by molar-refractivity contribution is -0.125. The molecule has 1 amide bonds. The molecule has 4 rings (SSSR count). The molecule has 3 aromatic carbocycles. The fourth-order valence-electron chi connectivity index (χ4n) is 4.11. The quantitative estimate of drug-likeness (QED) is 0.496. The van der Waals surface area contributed by atoms with Crippen molar-refractivity contribution in [1.82, 2.24) is 5.32 Å². The summed E-state index contributed by atoms with van der Waals surface area (Å²) in [6.45, 7) is 6.86. The Morgan fingerprint density at radius 2 is 1.70 bits per heavy atom. The van der Waals surface area contributed by atoms with Crippen LogP contribution in [0, 0.1) is 5.92 Å². The van der Waals surface area contributed by atoms with Gasteiger partial charge in [-0.3, -0.25) is 4.79 Å². The van der Waals surface area contributed by atoms with Crippen molar-refractivity contribution in [3.63, 3.8) is 0 Å². The molecule has 5 nitrogen and oxygen atoms in total. The lowest BCUT2D eigenvalue weighted by atomic mass is 9.94. The van der Waals surface area contributed by atoms with Gasteiger partial charge in [-0.05, 0) is 40.8 Å². The minimum atomic E-state index is 0.0144. The third-order valence-corrected chi connectivity index (χ3v) is 6.08. The Labute approximate surface area is 196 Å². The van der Waals surface area contributed by atoms with E-state index in [-0.39, 0.29) is 11.8 Å². The summed E-state index contributed by atoms with van der Waals surface area (Å²) >= 11 is 0. The third kappa shape index (κ3) is 5.48. The van der Waals surface area contributed by atoms with Gasteiger partial charge >= 0.3 is 0 Å². The summed E-state index contributed by atoms with van der Waals surface area (Å²) in [5.74, 6) is 1.92. The maximum Gasteiger partial charge on any atom is 0.226 e. The number of rotatable bonds is 9. The lowest BCUT2D eigenvalue weighted by Crippen LogP contribution is -2.54. The maximum absolute atomic E-state index is 12.7. The van der Waals surface area contributed by atoms with Crippen molar-refractivity contribution in [2.24, 2.45) is 5.92 Å². The smallest absolute Gasteiger partial charge is 0.226 e. The highest BCUT2D eigenvalue weighted by molar-refractivity contribution is 5.82. The number of methoxy groups -OCH3 is 1. The second-order valence-electron chi connectivity index (χ2n) is 8.79. The van der Waals surface area contributed by atoms with E-state index < -0.39 is 0 Å². The molecule has 33 heavy (non-hydrogen) atoms. The van der Waals surface area contributed by atoms with E-state index in [0.29, 0.717) is 30.6 Å². The van der Waals surface area contributed by atoms with E-state index in [1.807, 2.05) is 48.5 Å². The summed E-state index contributed by atoms with van der Waals surface area (Å²) in [5, 5.41) is 3.08. The Bertz CT molecular complexity index is 1080. The number of anilines is 1. The number of nitrogens with one attached hydrogen (secondary N) is 1. The van der Waals surface area contributed by atoms with Crippen LogP contribution >= 0.6 is 0 Å². The van der Waals surface area contributed by atoms with Crippen LogP contribution in [-0.2, 0) is 17.9 Å². The molecule has 3 aromatic rings. The zero-order chi connectivity index (χ0) is 23.2. The molecule has 1 fully saturated rings. The molecule has 1 aliphatic heterocycles. The van der Waals surface area contributed by atoms with Crippen LogP contribution in [0.5, 0.6) is 11.5 Å². The monoisotopic (exact) mass is 444 g/mol. The van der Waals surface area contributed by atoms with Crippen LogP contribution in [0.15, 0.2) is 72.8 Å². The van der Waals surface area contributed by atoms with Gasteiger partial charge in [-0.2, -0.15) is 0 Å². The van der Waals surface area contributed by atoms with E-state index >= 15 is 0 Å². The highest BCUT2D eigenvalue weighted by Crippen LogP contribution is 2.32. The average Bonchev–Trinajstić information content (AvgIpc) is 2.81. The second-order valence-corrected chi connectivity index (χ2v) is 8.79. The van der Waals surface area contributed by atoms with Gasteiger partial charge in [0.25, 0.3) is 0 Å². The van der Waals surface area contributed by atoms with Crippen molar-refractivity contribution in [2.45, 2.75) is 32.9 Å². The van der Waals surface area contributed by atoms with Crippen molar-refractivity contribution in [3.05, 3.63) is 89.5 Å². The summed E-state index contributed by atoms with van der Waals surface area (Å²) in [6, 6.07) is 24.3. The standard InChI is InChI=1S/C28H32N2O3/c1-20(2)24-11-7-8-12-25(24)30-17-23(18-30)28(31)29-16-22-13-14-26(27(15-22)32-3)33-19-21-9-5-4-6-10-21/h4-15,20,23H,16-19H2,1-3H3,(H,29,31). The van der Waals surface area contributed by atoms with E-state index in [0.717, 1.165) is 24.2 Å². The van der Waals surface area contributed by atoms with Crippen LogP contribution in [0.4, 0.5) is 5.69 Å². The van der Waals surface area contributed by atoms with E-state index in [4.69, 9.17) is 9.47 Å². The van der Waals surface area contributed by atoms with Crippen molar-refractivity contribution < 1.29 is 14.3 Å². The largest absolute Gasteiger partial charge is 0.493 e. The van der Waals surface area contributed by atoms with Gasteiger partial charge < -0.3 is 19.7 Å². The van der Waals surface area contributed by atoms with Gasteiger partial charge in [0.05, 0.1) is 13.0 Å². The fraction of sp³-hybridized carbons (Fsp3) is 0.321. The molecule has 1 heterocycles. The molecule has 0 aromatic heterocycles. The number of para-hydroxylation sites is 1. The molecule has 172 valence electrons. The predicted octanol–water partition coefficient (Wildman–Crippen LogP) is 5.15. The molecule has 1 saturated heterocycles. The molecule has 0 saturated carbocycles. The van der Waals surface area contributed by atoms with Crippen LogP contribution < -0.4 is 19.7 Å². The fourth-order valence-corrected chi connectivity index (χ4v) is 4.11. The minimum Gasteiger partial charge on any atom is -0.493 e. The van der Waals surface area contributed by atoms with E-state index in [1.165, 1.54) is 11.3 Å². The number of hydrogen-bond donors (Lipinski definition) is 1. The van der Waals surface area contributed by atoms with Gasteiger partial charge in [0.15, 0.2) is 11.5 Å². The van der Waals surface area contributed by atoms with Crippen molar-refractivity contribution in [1.29, 1.82) is 0 Å². The second kappa shape index (κ2) is 10.4. The summed E-state index contributed by atoms with van der Waals surface area (Å²) in [6.07, 6.45) is 0. The molecule has 0 spiro atoms. The number of hydrogen-bond acceptors (Lipinski definition) is 4. The molecule has 0 bridgehead atoms. The third-order valence-electron chi connectivity index (χ3n) is 6.08. The maximum atomic E-state index is 12.7. The summed E-state index contributed by atoms with van der Waals surface area (Å²) < 4.78 is 11.4. The zero-order valence-electron chi connectivity index (χ0n) is 19.6. The number of benzene rings is 3. The first-order chi connectivity index (χ1) is 16.0. The Hall–Kier alpha value is -3.47. The van der Waals surface area contributed by atoms with Crippen molar-refractivity contribution in [3.8, 4) is 11.5 Å². The van der Waals surface area contributed by atoms with Gasteiger partial charge in [-0.15, -0.1) is 0 Å². The molecule has 0 unspecified atom stereocenters. The van der Waals surface area contributed by atoms with E-state index in [9.17, 15) is 4.79 Å². The molecule has 1 aliphatic rings. The Morgan fingerprint density at radius 1 is 0.970 bits per heavy atom. The number of amides is 1. The number of carbonyl (C=O) groups is 1. The van der Waals surface area contributed by atoms with E-state index in [1.54, 1.807) is 7.11 Å². The van der Waals surface area contributed by atoms with E-state index in [2.05, 4.69) is 48.3 Å². The van der Waals surface area contributed by atoms with Crippen molar-refractivity contribution in [2.75, 3.05) is 25.1 Å². The van der Waals surface area contributed by atoms with Crippen LogP contribution in [-0.4, -0.2) is 26.1 Å². The number of ether oxygens (including phenoxy) is 2. The van der Waals surface area contributed by atoms with Gasteiger partial charge in [0.2, 0.25) is 5.91 Å². The predicted molar refractivity (Wildman–Crippen MR) is 132 cm³/mol. The summed E-state index contributed by atoms with van der Waals surface area (Å²) in [5.41, 5.74) is 4.65. The van der Waals surface area contributed by atoms with Gasteiger partial charge in [0, 0.05) is 25.3 Å². The van der Waals surface area contributed by atoms with Gasteiger partial charge in [-0.25, -0.2) is 0 Å². The molecule has 0 radical (unpaired) electrons. The first-order valence-electron chi connectivity index (χ1n) is 11.5. The molecule has 0 atom stereocenters. The van der Waals surface area contributed by atoms with Crippen LogP contribution in [0.1, 0.15) is 36.5 Å². The van der Waals surface area contributed by atoms with Crippen LogP contribution in [0.3, 0.4) is 0 Å². The molecular weight excluding hydrogens is 412 g/mol. The van der Waals surface area contributed by atoms with Crippen LogP contribution in [0.2, 0.25) is 0 Å². The van der Waals surface area contributed by atoms with Crippen LogP contribution in [0.25, 0.3) is 0 Å². The highest BCUT2D eigenvalue weighted by Gasteiger charge is 2.33. The SMILES string of the molecule is COc1cc(CNC(=O)C2CN(c3ccccc3C(C)C)C2)ccc1OCc1ccccc1. The first kappa shape index (κ1) is 22.7. The first-order valence-corrected chi connectivity index (χ1v) is 11.5. The number of carbonyl (C=O) groups excluding carboxylic acids is 1.